The molecule has 1 heterocycles. The van der Waals surface area contributed by atoms with Crippen LogP contribution in [0.4, 0.5) is 4.79 Å². The first kappa shape index (κ1) is 17.3. The third-order valence-electron chi connectivity index (χ3n) is 3.79. The maximum absolute atomic E-state index is 12.2. The molecule has 0 radical (unpaired) electrons. The zero-order valence-corrected chi connectivity index (χ0v) is 14.3. The summed E-state index contributed by atoms with van der Waals surface area (Å²) in [6.45, 7) is 6.36. The second-order valence-electron chi connectivity index (χ2n) is 6.90. The van der Waals surface area contributed by atoms with Gasteiger partial charge in [0.15, 0.2) is 0 Å². The van der Waals surface area contributed by atoms with Gasteiger partial charge in [0.25, 0.3) is 0 Å². The lowest BCUT2D eigenvalue weighted by atomic mass is 9.90. The second-order valence-corrected chi connectivity index (χ2v) is 6.90. The van der Waals surface area contributed by atoms with Crippen LogP contribution in [0.25, 0.3) is 0 Å². The van der Waals surface area contributed by atoms with E-state index in [1.807, 2.05) is 45.0 Å². The Hall–Kier alpha value is -2.04. The van der Waals surface area contributed by atoms with Crippen molar-refractivity contribution >= 4 is 11.9 Å². The average molecular weight is 319 g/mol. The molecule has 0 aromatic heterocycles. The first-order valence-corrected chi connectivity index (χ1v) is 7.92. The van der Waals surface area contributed by atoms with Gasteiger partial charge in [0.1, 0.15) is 17.1 Å². The standard InChI is InChI=1S/C18H25NO4/c1-18(2,3)23-17(21)19-9-8-16(20)14(12-19)10-13-6-5-7-15(11-13)22-4/h5-7,11,14H,8-10,12H2,1-4H3/t14-/m0/s1. The van der Waals surface area contributed by atoms with Crippen LogP contribution in [0.1, 0.15) is 32.8 Å². The summed E-state index contributed by atoms with van der Waals surface area (Å²) < 4.78 is 10.6. The molecule has 1 saturated heterocycles. The van der Waals surface area contributed by atoms with Crippen molar-refractivity contribution < 1.29 is 19.1 Å². The quantitative estimate of drug-likeness (QED) is 0.859. The number of methoxy groups -OCH3 is 1. The number of Topliss-reactive ketones (excluding diaryl/α,β-unsaturated/α-hetero) is 1. The number of ether oxygens (including phenoxy) is 2. The van der Waals surface area contributed by atoms with E-state index in [1.54, 1.807) is 12.0 Å². The molecule has 0 unspecified atom stereocenters. The smallest absolute Gasteiger partial charge is 0.410 e. The molecule has 0 bridgehead atoms. The van der Waals surface area contributed by atoms with Crippen molar-refractivity contribution in [3.05, 3.63) is 29.8 Å². The third-order valence-corrected chi connectivity index (χ3v) is 3.79. The summed E-state index contributed by atoms with van der Waals surface area (Å²) >= 11 is 0. The van der Waals surface area contributed by atoms with Gasteiger partial charge in [-0.15, -0.1) is 0 Å². The lowest BCUT2D eigenvalue weighted by molar-refractivity contribution is -0.125. The number of likely N-dealkylation sites (tertiary alicyclic amines) is 1. The van der Waals surface area contributed by atoms with Crippen molar-refractivity contribution in [2.75, 3.05) is 20.2 Å². The second kappa shape index (κ2) is 7.02. The van der Waals surface area contributed by atoms with Crippen LogP contribution in [0.3, 0.4) is 0 Å². The molecular formula is C18H25NO4. The molecule has 126 valence electrons. The first-order valence-electron chi connectivity index (χ1n) is 7.92. The van der Waals surface area contributed by atoms with Gasteiger partial charge < -0.3 is 14.4 Å². The van der Waals surface area contributed by atoms with Gasteiger partial charge in [0.2, 0.25) is 0 Å². The number of amides is 1. The van der Waals surface area contributed by atoms with Gasteiger partial charge in [0, 0.05) is 25.4 Å². The molecule has 1 atom stereocenters. The fraction of sp³-hybridized carbons (Fsp3) is 0.556. The highest BCUT2D eigenvalue weighted by atomic mass is 16.6. The lowest BCUT2D eigenvalue weighted by Gasteiger charge is -2.33. The van der Waals surface area contributed by atoms with Crippen molar-refractivity contribution in [2.24, 2.45) is 5.92 Å². The van der Waals surface area contributed by atoms with Crippen LogP contribution in [0.2, 0.25) is 0 Å². The molecule has 2 rings (SSSR count). The number of benzene rings is 1. The molecule has 1 aromatic rings. The summed E-state index contributed by atoms with van der Waals surface area (Å²) in [6.07, 6.45) is 0.643. The highest BCUT2D eigenvalue weighted by molar-refractivity contribution is 5.84. The number of hydrogen-bond acceptors (Lipinski definition) is 4. The number of carbonyl (C=O) groups excluding carboxylic acids is 2. The number of piperidine rings is 1. The molecule has 1 aliphatic heterocycles. The molecule has 1 aromatic carbocycles. The minimum atomic E-state index is -0.527. The van der Waals surface area contributed by atoms with Crippen LogP contribution in [0.5, 0.6) is 5.75 Å². The predicted molar refractivity (Wildman–Crippen MR) is 87.6 cm³/mol. The molecule has 23 heavy (non-hydrogen) atoms. The maximum Gasteiger partial charge on any atom is 0.410 e. The highest BCUT2D eigenvalue weighted by Gasteiger charge is 2.32. The molecule has 5 nitrogen and oxygen atoms in total. The van der Waals surface area contributed by atoms with Crippen molar-refractivity contribution in [1.29, 1.82) is 0 Å². The molecule has 0 N–H and O–H groups in total. The first-order chi connectivity index (χ1) is 10.8. The molecule has 0 saturated carbocycles. The molecule has 1 amide bonds. The monoisotopic (exact) mass is 319 g/mol. The summed E-state index contributed by atoms with van der Waals surface area (Å²) in [5.41, 5.74) is 0.509. The van der Waals surface area contributed by atoms with Crippen molar-refractivity contribution in [1.82, 2.24) is 4.90 Å². The van der Waals surface area contributed by atoms with Crippen molar-refractivity contribution in [3.8, 4) is 5.75 Å². The van der Waals surface area contributed by atoms with Crippen LogP contribution in [-0.2, 0) is 16.0 Å². The molecule has 0 aliphatic carbocycles. The molecule has 1 aliphatic rings. The Balaban J connectivity index is 2.03. The zero-order valence-electron chi connectivity index (χ0n) is 14.3. The van der Waals surface area contributed by atoms with E-state index in [2.05, 4.69) is 0 Å². The lowest BCUT2D eigenvalue weighted by Crippen LogP contribution is -2.46. The van der Waals surface area contributed by atoms with E-state index in [0.717, 1.165) is 11.3 Å². The number of ketones is 1. The Labute approximate surface area is 137 Å². The summed E-state index contributed by atoms with van der Waals surface area (Å²) in [4.78, 5) is 26.0. The summed E-state index contributed by atoms with van der Waals surface area (Å²) in [7, 11) is 1.62. The van der Waals surface area contributed by atoms with Gasteiger partial charge in [-0.3, -0.25) is 4.79 Å². The molecule has 0 spiro atoms. The van der Waals surface area contributed by atoms with Crippen LogP contribution in [0, 0.1) is 5.92 Å². The van der Waals surface area contributed by atoms with Gasteiger partial charge in [0.05, 0.1) is 7.11 Å². The van der Waals surface area contributed by atoms with E-state index in [1.165, 1.54) is 0 Å². The number of nitrogens with zero attached hydrogens (tertiary/aromatic N) is 1. The molecule has 1 fully saturated rings. The summed E-state index contributed by atoms with van der Waals surface area (Å²) in [5.74, 6) is 0.783. The van der Waals surface area contributed by atoms with E-state index in [9.17, 15) is 9.59 Å². The van der Waals surface area contributed by atoms with Gasteiger partial charge in [-0.1, -0.05) is 12.1 Å². The van der Waals surface area contributed by atoms with Crippen molar-refractivity contribution in [2.45, 2.75) is 39.2 Å². The fourth-order valence-corrected chi connectivity index (χ4v) is 2.66. The van der Waals surface area contributed by atoms with E-state index >= 15 is 0 Å². The Morgan fingerprint density at radius 3 is 2.74 bits per heavy atom. The number of rotatable bonds is 3. The van der Waals surface area contributed by atoms with Crippen LogP contribution in [-0.4, -0.2) is 42.6 Å². The fourth-order valence-electron chi connectivity index (χ4n) is 2.66. The van der Waals surface area contributed by atoms with Gasteiger partial charge in [-0.2, -0.15) is 0 Å². The normalized spacial score (nSPS) is 18.7. The van der Waals surface area contributed by atoms with Crippen molar-refractivity contribution in [3.63, 3.8) is 0 Å². The van der Waals surface area contributed by atoms with Gasteiger partial charge >= 0.3 is 6.09 Å². The summed E-state index contributed by atoms with van der Waals surface area (Å²) in [5, 5.41) is 0. The van der Waals surface area contributed by atoms with Crippen LogP contribution in [0.15, 0.2) is 24.3 Å². The predicted octanol–water partition coefficient (Wildman–Crippen LogP) is 3.06. The number of carbonyl (C=O) groups is 2. The molecular weight excluding hydrogens is 294 g/mol. The van der Waals surface area contributed by atoms with E-state index in [-0.39, 0.29) is 17.8 Å². The Kier molecular flexibility index (Phi) is 5.29. The van der Waals surface area contributed by atoms with E-state index in [0.29, 0.717) is 25.9 Å². The topological polar surface area (TPSA) is 55.8 Å². The highest BCUT2D eigenvalue weighted by Crippen LogP contribution is 2.22. The largest absolute Gasteiger partial charge is 0.497 e. The Morgan fingerprint density at radius 1 is 1.35 bits per heavy atom. The average Bonchev–Trinajstić information content (AvgIpc) is 2.48. The molecule has 5 heteroatoms. The SMILES string of the molecule is COc1cccc(C[C@H]2CN(C(=O)OC(C)(C)C)CCC2=O)c1. The minimum Gasteiger partial charge on any atom is -0.497 e. The van der Waals surface area contributed by atoms with E-state index in [4.69, 9.17) is 9.47 Å². The van der Waals surface area contributed by atoms with Gasteiger partial charge in [-0.05, 0) is 44.9 Å². The summed E-state index contributed by atoms with van der Waals surface area (Å²) in [6, 6.07) is 7.69. The van der Waals surface area contributed by atoms with E-state index < -0.39 is 5.60 Å². The third kappa shape index (κ3) is 4.98. The van der Waals surface area contributed by atoms with Crippen LogP contribution >= 0.6 is 0 Å². The van der Waals surface area contributed by atoms with Gasteiger partial charge in [-0.25, -0.2) is 4.79 Å². The van der Waals surface area contributed by atoms with Crippen LogP contribution < -0.4 is 4.74 Å². The maximum atomic E-state index is 12.2. The zero-order chi connectivity index (χ0) is 17.0. The minimum absolute atomic E-state index is 0.191. The Morgan fingerprint density at radius 2 is 2.09 bits per heavy atom. The number of hydrogen-bond donors (Lipinski definition) is 0. The Bertz CT molecular complexity index is 577.